The van der Waals surface area contributed by atoms with Crippen LogP contribution in [0.3, 0.4) is 0 Å². The molecule has 2 aliphatic rings. The molecule has 0 aromatic carbocycles. The maximum atomic E-state index is 11.3. The van der Waals surface area contributed by atoms with Crippen molar-refractivity contribution in [2.24, 2.45) is 0 Å². The van der Waals surface area contributed by atoms with Gasteiger partial charge in [0.1, 0.15) is 11.7 Å². The molecule has 0 radical (unpaired) electrons. The fraction of sp³-hybridized carbons (Fsp3) is 0.643. The summed E-state index contributed by atoms with van der Waals surface area (Å²) in [5, 5.41) is 0. The number of anilines is 1. The van der Waals surface area contributed by atoms with Gasteiger partial charge < -0.3 is 19.9 Å². The van der Waals surface area contributed by atoms with Crippen molar-refractivity contribution in [1.29, 1.82) is 0 Å². The Bertz CT molecular complexity index is 947. The van der Waals surface area contributed by atoms with Gasteiger partial charge in [0.15, 0.2) is 17.4 Å². The monoisotopic (exact) mass is 385 g/mol. The standard InChI is InChI=1S/C14H19N5O6S/c1-3-22-11-9-10(17-13(15)18-11)19(7-16-9)12-8-4-14(25-12,5-23-8)6-24-26(2,20)21/h7-8,12H,3-6H2,1-2H3,(H2,15,17,18). The van der Waals surface area contributed by atoms with Gasteiger partial charge in [-0.3, -0.25) is 8.75 Å². The van der Waals surface area contributed by atoms with E-state index >= 15 is 0 Å². The minimum atomic E-state index is -3.57. The first-order valence-corrected chi connectivity index (χ1v) is 9.88. The van der Waals surface area contributed by atoms with Crippen LogP contribution in [0.25, 0.3) is 11.2 Å². The van der Waals surface area contributed by atoms with Crippen LogP contribution in [0.4, 0.5) is 5.95 Å². The molecule has 2 aliphatic heterocycles. The molecule has 2 saturated heterocycles. The molecule has 11 nitrogen and oxygen atoms in total. The predicted octanol–water partition coefficient (Wildman–Crippen LogP) is -0.160. The quantitative estimate of drug-likeness (QED) is 0.667. The third-order valence-corrected chi connectivity index (χ3v) is 4.87. The lowest BCUT2D eigenvalue weighted by molar-refractivity contribution is -0.179. The number of aromatic nitrogens is 4. The smallest absolute Gasteiger partial charge is 0.264 e. The van der Waals surface area contributed by atoms with Crippen molar-refractivity contribution in [2.45, 2.75) is 31.3 Å². The Hall–Kier alpha value is -2.02. The molecule has 4 rings (SSSR count). The van der Waals surface area contributed by atoms with Crippen LogP contribution in [-0.4, -0.2) is 65.7 Å². The van der Waals surface area contributed by atoms with Crippen molar-refractivity contribution >= 4 is 27.2 Å². The molecule has 3 unspecified atom stereocenters. The summed E-state index contributed by atoms with van der Waals surface area (Å²) in [6, 6.07) is 0. The van der Waals surface area contributed by atoms with E-state index in [9.17, 15) is 8.42 Å². The van der Waals surface area contributed by atoms with E-state index in [0.717, 1.165) is 6.26 Å². The second-order valence-electron chi connectivity index (χ2n) is 6.36. The molecule has 0 spiro atoms. The summed E-state index contributed by atoms with van der Waals surface area (Å²) in [5.74, 6) is 0.356. The Morgan fingerprint density at radius 2 is 2.27 bits per heavy atom. The van der Waals surface area contributed by atoms with Crippen molar-refractivity contribution in [3.63, 3.8) is 0 Å². The molecular formula is C14H19N5O6S. The van der Waals surface area contributed by atoms with Gasteiger partial charge in [0.05, 0.1) is 32.4 Å². The zero-order valence-electron chi connectivity index (χ0n) is 14.3. The van der Waals surface area contributed by atoms with Crippen LogP contribution < -0.4 is 10.5 Å². The lowest BCUT2D eigenvalue weighted by atomic mass is 10.0. The maximum absolute atomic E-state index is 11.3. The van der Waals surface area contributed by atoms with E-state index in [1.54, 1.807) is 10.9 Å². The zero-order chi connectivity index (χ0) is 18.5. The van der Waals surface area contributed by atoms with Gasteiger partial charge in [-0.1, -0.05) is 0 Å². The van der Waals surface area contributed by atoms with Crippen LogP contribution in [0.15, 0.2) is 6.33 Å². The number of imidazole rings is 1. The van der Waals surface area contributed by atoms with Gasteiger partial charge in [-0.2, -0.15) is 18.4 Å². The van der Waals surface area contributed by atoms with E-state index < -0.39 is 21.9 Å². The zero-order valence-corrected chi connectivity index (χ0v) is 15.1. The molecule has 2 bridgehead atoms. The van der Waals surface area contributed by atoms with Crippen LogP contribution in [0.1, 0.15) is 19.6 Å². The van der Waals surface area contributed by atoms with Crippen LogP contribution in [-0.2, 0) is 23.8 Å². The molecule has 0 aliphatic carbocycles. The molecule has 3 atom stereocenters. The van der Waals surface area contributed by atoms with Crippen LogP contribution >= 0.6 is 0 Å². The Morgan fingerprint density at radius 1 is 1.46 bits per heavy atom. The number of ether oxygens (including phenoxy) is 3. The minimum Gasteiger partial charge on any atom is -0.476 e. The summed E-state index contributed by atoms with van der Waals surface area (Å²) in [6.45, 7) is 2.40. The van der Waals surface area contributed by atoms with E-state index in [2.05, 4.69) is 15.0 Å². The average Bonchev–Trinajstić information content (AvgIpc) is 3.25. The summed E-state index contributed by atoms with van der Waals surface area (Å²) >= 11 is 0. The SMILES string of the molecule is CCOc1nc(N)nc2c1ncn2C1OC2(COS(C)(=O)=O)COC1C2. The molecule has 4 heterocycles. The van der Waals surface area contributed by atoms with Crippen LogP contribution in [0.5, 0.6) is 5.88 Å². The van der Waals surface area contributed by atoms with Gasteiger partial charge in [-0.05, 0) is 6.92 Å². The highest BCUT2D eigenvalue weighted by Crippen LogP contribution is 2.45. The number of fused-ring (bicyclic) bond motifs is 3. The molecule has 2 fully saturated rings. The van der Waals surface area contributed by atoms with E-state index in [1.807, 2.05) is 6.92 Å². The molecule has 142 valence electrons. The molecule has 2 N–H and O–H groups in total. The Morgan fingerprint density at radius 3 is 3.00 bits per heavy atom. The highest BCUT2D eigenvalue weighted by Gasteiger charge is 2.55. The number of nitrogen functional groups attached to an aromatic ring is 1. The number of rotatable bonds is 6. The lowest BCUT2D eigenvalue weighted by Crippen LogP contribution is -2.40. The molecular weight excluding hydrogens is 366 g/mol. The average molecular weight is 385 g/mol. The first-order valence-electron chi connectivity index (χ1n) is 8.07. The molecule has 12 heteroatoms. The second kappa shape index (κ2) is 6.01. The van der Waals surface area contributed by atoms with Gasteiger partial charge >= 0.3 is 0 Å². The Kier molecular flexibility index (Phi) is 4.02. The fourth-order valence-corrected chi connectivity index (χ4v) is 3.68. The Balaban J connectivity index is 1.65. The van der Waals surface area contributed by atoms with Gasteiger partial charge in [-0.15, -0.1) is 0 Å². The normalized spacial score (nSPS) is 28.1. The lowest BCUT2D eigenvalue weighted by Gasteiger charge is -2.30. The second-order valence-corrected chi connectivity index (χ2v) is 8.00. The number of hydrogen-bond donors (Lipinski definition) is 1. The molecule has 0 amide bonds. The van der Waals surface area contributed by atoms with Crippen LogP contribution in [0.2, 0.25) is 0 Å². The van der Waals surface area contributed by atoms with Gasteiger partial charge in [0.25, 0.3) is 10.1 Å². The number of nitrogens with zero attached hydrogens (tertiary/aromatic N) is 4. The third kappa shape index (κ3) is 2.98. The number of nitrogens with two attached hydrogens (primary N) is 1. The van der Waals surface area contributed by atoms with Crippen molar-refractivity contribution < 1.29 is 26.8 Å². The number of hydrogen-bond acceptors (Lipinski definition) is 10. The van der Waals surface area contributed by atoms with Crippen molar-refractivity contribution in [2.75, 3.05) is 31.8 Å². The first kappa shape index (κ1) is 17.4. The van der Waals surface area contributed by atoms with Crippen molar-refractivity contribution in [3.8, 4) is 5.88 Å². The van der Waals surface area contributed by atoms with E-state index in [-0.39, 0.29) is 25.3 Å². The molecule has 0 saturated carbocycles. The largest absolute Gasteiger partial charge is 0.476 e. The van der Waals surface area contributed by atoms with Crippen LogP contribution in [0, 0.1) is 0 Å². The topological polar surface area (TPSA) is 141 Å². The van der Waals surface area contributed by atoms with Crippen molar-refractivity contribution in [3.05, 3.63) is 6.33 Å². The van der Waals surface area contributed by atoms with Gasteiger partial charge in [0.2, 0.25) is 11.8 Å². The highest BCUT2D eigenvalue weighted by molar-refractivity contribution is 7.85. The third-order valence-electron chi connectivity index (χ3n) is 4.32. The summed E-state index contributed by atoms with van der Waals surface area (Å²) in [7, 11) is -3.57. The van der Waals surface area contributed by atoms with Crippen molar-refractivity contribution in [1.82, 2.24) is 19.5 Å². The van der Waals surface area contributed by atoms with E-state index in [4.69, 9.17) is 24.1 Å². The van der Waals surface area contributed by atoms with Gasteiger partial charge in [-0.25, -0.2) is 4.98 Å². The molecule has 26 heavy (non-hydrogen) atoms. The summed E-state index contributed by atoms with van der Waals surface area (Å²) in [6.07, 6.45) is 2.26. The molecule has 2 aromatic heterocycles. The minimum absolute atomic E-state index is 0.0573. The highest BCUT2D eigenvalue weighted by atomic mass is 32.2. The first-order chi connectivity index (χ1) is 12.3. The Labute approximate surface area is 149 Å². The summed E-state index contributed by atoms with van der Waals surface area (Å²) < 4.78 is 46.6. The van der Waals surface area contributed by atoms with E-state index in [1.165, 1.54) is 0 Å². The predicted molar refractivity (Wildman–Crippen MR) is 88.9 cm³/mol. The van der Waals surface area contributed by atoms with E-state index in [0.29, 0.717) is 30.1 Å². The van der Waals surface area contributed by atoms with Gasteiger partial charge in [0, 0.05) is 6.42 Å². The summed E-state index contributed by atoms with van der Waals surface area (Å²) in [4.78, 5) is 12.6. The molecule has 2 aromatic rings. The maximum Gasteiger partial charge on any atom is 0.264 e. The fourth-order valence-electron chi connectivity index (χ4n) is 3.26. The summed E-state index contributed by atoms with van der Waals surface area (Å²) in [5.41, 5.74) is 5.88.